The second-order valence-electron chi connectivity index (χ2n) is 3.90. The third-order valence-corrected chi connectivity index (χ3v) is 2.53. The van der Waals surface area contributed by atoms with Gasteiger partial charge in [0.15, 0.2) is 0 Å². The normalized spacial score (nSPS) is 10.9. The average Bonchev–Trinajstić information content (AvgIpc) is 2.47. The van der Waals surface area contributed by atoms with Crippen LogP contribution in [0.15, 0.2) is 34.6 Å². The van der Waals surface area contributed by atoms with Gasteiger partial charge in [-0.2, -0.15) is 0 Å². The second-order valence-corrected chi connectivity index (χ2v) is 3.90. The summed E-state index contributed by atoms with van der Waals surface area (Å²) in [5.41, 5.74) is 1.96. The van der Waals surface area contributed by atoms with E-state index in [2.05, 4.69) is 15.1 Å². The molecule has 0 atom stereocenters. The molecule has 0 aliphatic carbocycles. The zero-order valence-electron chi connectivity index (χ0n) is 13.1. The van der Waals surface area contributed by atoms with Gasteiger partial charge < -0.3 is 26.7 Å². The van der Waals surface area contributed by atoms with E-state index in [0.717, 1.165) is 0 Å². The van der Waals surface area contributed by atoms with Crippen molar-refractivity contribution in [1.29, 1.82) is 0 Å². The van der Waals surface area contributed by atoms with Gasteiger partial charge in [-0.25, -0.2) is 0 Å². The molecule has 0 aliphatic rings. The fraction of sp³-hybridized carbons (Fsp3) is 0.267. The molecule has 0 saturated heterocycles. The van der Waals surface area contributed by atoms with Crippen LogP contribution in [0.2, 0.25) is 0 Å². The van der Waals surface area contributed by atoms with Crippen LogP contribution in [0.3, 0.4) is 0 Å². The first-order valence-corrected chi connectivity index (χ1v) is 5.85. The van der Waals surface area contributed by atoms with Crippen molar-refractivity contribution in [2.45, 2.75) is 20.5 Å². The van der Waals surface area contributed by atoms with Gasteiger partial charge in [0.05, 0.1) is 5.78 Å². The van der Waals surface area contributed by atoms with E-state index in [0.29, 0.717) is 17.0 Å². The van der Waals surface area contributed by atoms with Crippen LogP contribution in [0.25, 0.3) is 0 Å². The number of rotatable bonds is 7. The number of nitrogens with zero attached hydrogens (tertiary/aromatic N) is 2. The number of Topliss-reactive ketones (excluding diaryl/α,β-unsaturated/α-hetero) is 1. The number of carbonyl (C=O) groups excluding carboxylic acids is 2. The molecule has 0 saturated carbocycles. The van der Waals surface area contributed by atoms with Gasteiger partial charge >= 0.3 is 0 Å². The van der Waals surface area contributed by atoms with Crippen molar-refractivity contribution < 1.29 is 52.0 Å². The Balaban J connectivity index is 0. The predicted molar refractivity (Wildman–Crippen MR) is 80.9 cm³/mol. The maximum absolute atomic E-state index is 11.4. The quantitative estimate of drug-likeness (QED) is 0.240. The van der Waals surface area contributed by atoms with Gasteiger partial charge in [0.25, 0.3) is 0 Å². The number of hydrogen-bond acceptors (Lipinski definition) is 6. The summed E-state index contributed by atoms with van der Waals surface area (Å²) in [7, 11) is 1.44. The van der Waals surface area contributed by atoms with Crippen molar-refractivity contribution in [2.24, 2.45) is 10.3 Å². The number of hydrogen-bond donors (Lipinski definition) is 0. The van der Waals surface area contributed by atoms with E-state index in [4.69, 9.17) is 4.84 Å². The molecule has 0 bridgehead atoms. The third-order valence-electron chi connectivity index (χ3n) is 2.53. The largest absolute Gasteiger partial charge is 0.415 e. The van der Waals surface area contributed by atoms with Crippen molar-refractivity contribution >= 4 is 23.5 Å². The van der Waals surface area contributed by atoms with E-state index in [1.54, 1.807) is 38.1 Å². The Hall–Kier alpha value is -1.40. The minimum Gasteiger partial charge on any atom is -0.415 e. The first-order valence-electron chi connectivity index (χ1n) is 5.85. The molecule has 1 rings (SSSR count). The van der Waals surface area contributed by atoms with E-state index in [-0.39, 0.29) is 52.3 Å². The molecular formula is C15H18N2O4Y-2. The fourth-order valence-corrected chi connectivity index (χ4v) is 1.39. The van der Waals surface area contributed by atoms with Crippen LogP contribution < -0.4 is 0 Å². The van der Waals surface area contributed by atoms with Crippen molar-refractivity contribution in [1.82, 2.24) is 0 Å². The summed E-state index contributed by atoms with van der Waals surface area (Å²) in [6, 6.07) is 6.64. The van der Waals surface area contributed by atoms with Gasteiger partial charge in [-0.1, -0.05) is 34.1 Å². The Kier molecular flexibility index (Phi) is 12.7. The molecule has 22 heavy (non-hydrogen) atoms. The molecule has 0 N–H and O–H groups in total. The SMILES string of the molecule is CO/N=C(C)/C(C)=N/OCc1ccccc1C(=O)[C-]=O.[CH3-].[Y]. The van der Waals surface area contributed by atoms with Crippen molar-refractivity contribution in [3.63, 3.8) is 0 Å². The number of benzene rings is 1. The Morgan fingerprint density at radius 1 is 1.18 bits per heavy atom. The topological polar surface area (TPSA) is 77.3 Å². The van der Waals surface area contributed by atoms with E-state index >= 15 is 0 Å². The summed E-state index contributed by atoms with van der Waals surface area (Å²) in [6.07, 6.45) is 1.34. The first-order chi connectivity index (χ1) is 9.60. The van der Waals surface area contributed by atoms with Crippen LogP contribution in [-0.4, -0.2) is 30.6 Å². The van der Waals surface area contributed by atoms with Gasteiger partial charge in [-0.3, -0.25) is 0 Å². The smallest absolute Gasteiger partial charge is 0.126 e. The van der Waals surface area contributed by atoms with Crippen LogP contribution in [0.5, 0.6) is 0 Å². The Labute approximate surface area is 155 Å². The molecule has 7 heteroatoms. The van der Waals surface area contributed by atoms with Crippen molar-refractivity contribution in [3.05, 3.63) is 42.8 Å². The fourth-order valence-electron chi connectivity index (χ4n) is 1.39. The van der Waals surface area contributed by atoms with Gasteiger partial charge in [0, 0.05) is 39.0 Å². The molecule has 0 fully saturated rings. The molecule has 0 heterocycles. The van der Waals surface area contributed by atoms with E-state index < -0.39 is 5.78 Å². The molecule has 1 radical (unpaired) electrons. The molecule has 1 aromatic rings. The Morgan fingerprint density at radius 2 is 1.77 bits per heavy atom. The van der Waals surface area contributed by atoms with Crippen LogP contribution in [-0.2, 0) is 53.8 Å². The third kappa shape index (κ3) is 7.05. The molecule has 0 aromatic heterocycles. The monoisotopic (exact) mass is 379 g/mol. The van der Waals surface area contributed by atoms with E-state index in [9.17, 15) is 9.59 Å². The maximum atomic E-state index is 11.4. The van der Waals surface area contributed by atoms with Crippen LogP contribution >= 0.6 is 0 Å². The summed E-state index contributed by atoms with van der Waals surface area (Å²) >= 11 is 0. The Bertz CT molecular complexity index is 556. The summed E-state index contributed by atoms with van der Waals surface area (Å²) < 4.78 is 0. The van der Waals surface area contributed by atoms with Gasteiger partial charge in [0.2, 0.25) is 0 Å². The minimum absolute atomic E-state index is 0. The van der Waals surface area contributed by atoms with Gasteiger partial charge in [-0.15, -0.1) is 11.6 Å². The minimum atomic E-state index is -0.706. The summed E-state index contributed by atoms with van der Waals surface area (Å²) in [5.74, 6) is -0.706. The first kappa shape index (κ1) is 22.9. The predicted octanol–water partition coefficient (Wildman–Crippen LogP) is 2.34. The number of carbonyl (C=O) groups is 1. The molecule has 1 aromatic carbocycles. The average molecular weight is 379 g/mol. The molecule has 0 aliphatic heterocycles. The van der Waals surface area contributed by atoms with Crippen LogP contribution in [0.4, 0.5) is 0 Å². The standard InChI is InChI=1S/C14H15N2O4.CH3.Y/c1-10(15-19-3)11(2)16-20-9-12-6-4-5-7-13(12)14(18)8-17;;/h4-7H,9H2,1-3H3;1H3;/q2*-1;/b15-10+,16-11+;;. The van der Waals surface area contributed by atoms with Gasteiger partial charge in [-0.05, 0) is 13.8 Å². The van der Waals surface area contributed by atoms with Crippen molar-refractivity contribution in [2.75, 3.05) is 7.11 Å². The zero-order valence-corrected chi connectivity index (χ0v) is 16.0. The van der Waals surface area contributed by atoms with Gasteiger partial charge in [0.1, 0.15) is 25.1 Å². The number of ketones is 1. The molecular weight excluding hydrogens is 361 g/mol. The molecule has 0 unspecified atom stereocenters. The Morgan fingerprint density at radius 3 is 2.36 bits per heavy atom. The maximum Gasteiger partial charge on any atom is 0.126 e. The molecule has 117 valence electrons. The number of oxime groups is 2. The van der Waals surface area contributed by atoms with Crippen molar-refractivity contribution in [3.8, 4) is 0 Å². The molecule has 0 spiro atoms. The van der Waals surface area contributed by atoms with Crippen LogP contribution in [0.1, 0.15) is 29.8 Å². The molecule has 0 amide bonds. The van der Waals surface area contributed by atoms with E-state index in [1.165, 1.54) is 13.4 Å². The van der Waals surface area contributed by atoms with Crippen LogP contribution in [0, 0.1) is 7.43 Å². The summed E-state index contributed by atoms with van der Waals surface area (Å²) in [4.78, 5) is 31.6. The second kappa shape index (κ2) is 12.2. The molecule has 6 nitrogen and oxygen atoms in total. The summed E-state index contributed by atoms with van der Waals surface area (Å²) in [6.45, 7) is 3.51. The summed E-state index contributed by atoms with van der Waals surface area (Å²) in [5, 5.41) is 7.57. The van der Waals surface area contributed by atoms with E-state index in [1.807, 2.05) is 0 Å². The zero-order chi connectivity index (χ0) is 15.0.